The first-order valence-electron chi connectivity index (χ1n) is 10.4. The zero-order valence-corrected chi connectivity index (χ0v) is 17.1. The van der Waals surface area contributed by atoms with Crippen LogP contribution in [0.5, 0.6) is 0 Å². The van der Waals surface area contributed by atoms with E-state index in [2.05, 4.69) is 10.3 Å². The second-order valence-corrected chi connectivity index (χ2v) is 7.62. The van der Waals surface area contributed by atoms with E-state index in [-0.39, 0.29) is 30.2 Å². The molecule has 0 bridgehead atoms. The summed E-state index contributed by atoms with van der Waals surface area (Å²) in [5.74, 6) is 0.360. The van der Waals surface area contributed by atoms with Gasteiger partial charge in [0.15, 0.2) is 0 Å². The molecule has 1 fully saturated rings. The first kappa shape index (κ1) is 20.8. The number of hydrogen-bond donors (Lipinski definition) is 1. The van der Waals surface area contributed by atoms with Crippen molar-refractivity contribution in [3.63, 3.8) is 0 Å². The van der Waals surface area contributed by atoms with Gasteiger partial charge in [0.2, 0.25) is 11.8 Å². The van der Waals surface area contributed by atoms with E-state index in [1.807, 2.05) is 12.1 Å². The molecule has 0 unspecified atom stereocenters. The van der Waals surface area contributed by atoms with Crippen LogP contribution < -0.4 is 5.32 Å². The molecular formula is C24H24FN3O3. The second-order valence-electron chi connectivity index (χ2n) is 7.62. The Hall–Kier alpha value is -3.48. The van der Waals surface area contributed by atoms with Crippen LogP contribution in [0.4, 0.5) is 4.39 Å². The third kappa shape index (κ3) is 5.17. The van der Waals surface area contributed by atoms with E-state index in [1.165, 1.54) is 12.1 Å². The topological polar surface area (TPSA) is 75.4 Å². The number of aromatic nitrogens is 1. The molecule has 2 aromatic carbocycles. The molecule has 160 valence electrons. The van der Waals surface area contributed by atoms with E-state index in [4.69, 9.17) is 4.42 Å². The van der Waals surface area contributed by atoms with Crippen molar-refractivity contribution in [3.8, 4) is 0 Å². The lowest BCUT2D eigenvalue weighted by atomic mass is 10.0. The van der Waals surface area contributed by atoms with E-state index >= 15 is 0 Å². The number of carbonyl (C=O) groups excluding carboxylic acids is 2. The van der Waals surface area contributed by atoms with E-state index in [0.717, 1.165) is 24.8 Å². The normalized spacial score (nSPS) is 16.2. The van der Waals surface area contributed by atoms with Crippen LogP contribution in [0.2, 0.25) is 0 Å². The maximum Gasteiger partial charge on any atom is 0.251 e. The van der Waals surface area contributed by atoms with E-state index in [9.17, 15) is 14.0 Å². The maximum absolute atomic E-state index is 13.4. The van der Waals surface area contributed by atoms with Crippen LogP contribution in [0.15, 0.2) is 65.2 Å². The van der Waals surface area contributed by atoms with Gasteiger partial charge in [-0.2, -0.15) is 0 Å². The average Bonchev–Trinajstić information content (AvgIpc) is 3.26. The smallest absolute Gasteiger partial charge is 0.251 e. The first-order chi connectivity index (χ1) is 15.1. The highest BCUT2D eigenvalue weighted by Crippen LogP contribution is 2.31. The quantitative estimate of drug-likeness (QED) is 0.655. The summed E-state index contributed by atoms with van der Waals surface area (Å²) in [5, 5.41) is 2.69. The predicted molar refractivity (Wildman–Crippen MR) is 113 cm³/mol. The van der Waals surface area contributed by atoms with Gasteiger partial charge in [-0.3, -0.25) is 9.59 Å². The standard InChI is InChI=1S/C24H24FN3O3/c25-19-10-6-7-17(13-19)14-20-15-27-24(31-20)21-11-4-5-12-28(21)22(29)16-26-23(30)18-8-2-1-3-9-18/h1-3,6-10,13,15,21H,4-5,11-12,14,16H2,(H,26,30)/t21-/m0/s1. The lowest BCUT2D eigenvalue weighted by Gasteiger charge is -2.33. The molecule has 1 aliphatic rings. The van der Waals surface area contributed by atoms with Gasteiger partial charge in [-0.05, 0) is 49.1 Å². The molecule has 0 saturated carbocycles. The molecule has 7 heteroatoms. The van der Waals surface area contributed by atoms with Crippen LogP contribution in [0.25, 0.3) is 0 Å². The Labute approximate surface area is 180 Å². The molecule has 2 heterocycles. The summed E-state index contributed by atoms with van der Waals surface area (Å²) >= 11 is 0. The molecule has 1 N–H and O–H groups in total. The lowest BCUT2D eigenvalue weighted by molar-refractivity contribution is -0.134. The number of nitrogens with zero attached hydrogens (tertiary/aromatic N) is 2. The number of likely N-dealkylation sites (tertiary alicyclic amines) is 1. The summed E-state index contributed by atoms with van der Waals surface area (Å²) < 4.78 is 19.4. The Kier molecular flexibility index (Phi) is 6.40. The summed E-state index contributed by atoms with van der Waals surface area (Å²) in [6, 6.07) is 14.9. The molecule has 0 aliphatic carbocycles. The molecule has 6 nitrogen and oxygen atoms in total. The van der Waals surface area contributed by atoms with Crippen molar-refractivity contribution in [3.05, 3.63) is 89.4 Å². The van der Waals surface area contributed by atoms with Gasteiger partial charge in [0, 0.05) is 18.5 Å². The van der Waals surface area contributed by atoms with Gasteiger partial charge in [-0.15, -0.1) is 0 Å². The second kappa shape index (κ2) is 9.55. The van der Waals surface area contributed by atoms with Gasteiger partial charge in [0.05, 0.1) is 12.7 Å². The monoisotopic (exact) mass is 421 g/mol. The summed E-state index contributed by atoms with van der Waals surface area (Å²) in [6.45, 7) is 0.507. The number of oxazole rings is 1. The summed E-state index contributed by atoms with van der Waals surface area (Å²) in [5.41, 5.74) is 1.31. The van der Waals surface area contributed by atoms with Crippen LogP contribution in [-0.2, 0) is 11.2 Å². The summed E-state index contributed by atoms with van der Waals surface area (Å²) in [7, 11) is 0. The molecular weight excluding hydrogens is 397 g/mol. The highest BCUT2D eigenvalue weighted by molar-refractivity contribution is 5.96. The van der Waals surface area contributed by atoms with Gasteiger partial charge in [0.1, 0.15) is 17.6 Å². The molecule has 1 saturated heterocycles. The molecule has 1 atom stereocenters. The molecule has 4 rings (SSSR count). The third-order valence-electron chi connectivity index (χ3n) is 5.38. The van der Waals surface area contributed by atoms with Crippen molar-refractivity contribution >= 4 is 11.8 Å². The minimum absolute atomic E-state index is 0.0823. The summed E-state index contributed by atoms with van der Waals surface area (Å²) in [4.78, 5) is 31.2. The van der Waals surface area contributed by atoms with Gasteiger partial charge >= 0.3 is 0 Å². The number of rotatable bonds is 6. The van der Waals surface area contributed by atoms with Crippen molar-refractivity contribution < 1.29 is 18.4 Å². The van der Waals surface area contributed by atoms with Crippen molar-refractivity contribution in [2.45, 2.75) is 31.7 Å². The molecule has 0 spiro atoms. The highest BCUT2D eigenvalue weighted by atomic mass is 19.1. The van der Waals surface area contributed by atoms with Crippen molar-refractivity contribution in [2.75, 3.05) is 13.1 Å². The largest absolute Gasteiger partial charge is 0.443 e. The molecule has 3 aromatic rings. The Morgan fingerprint density at radius 3 is 2.77 bits per heavy atom. The van der Waals surface area contributed by atoms with Gasteiger partial charge in [-0.1, -0.05) is 30.3 Å². The van der Waals surface area contributed by atoms with Crippen LogP contribution >= 0.6 is 0 Å². The zero-order valence-electron chi connectivity index (χ0n) is 17.1. The Morgan fingerprint density at radius 2 is 1.97 bits per heavy atom. The predicted octanol–water partition coefficient (Wildman–Crippen LogP) is 3.89. The first-order valence-corrected chi connectivity index (χ1v) is 10.4. The Bertz CT molecular complexity index is 1050. The zero-order chi connectivity index (χ0) is 21.6. The molecule has 1 aliphatic heterocycles. The molecule has 2 amide bonds. The number of halogens is 1. The minimum Gasteiger partial charge on any atom is -0.443 e. The Balaban J connectivity index is 1.41. The maximum atomic E-state index is 13.4. The molecule has 31 heavy (non-hydrogen) atoms. The fraction of sp³-hybridized carbons (Fsp3) is 0.292. The lowest BCUT2D eigenvalue weighted by Crippen LogP contribution is -2.44. The van der Waals surface area contributed by atoms with Crippen LogP contribution in [0, 0.1) is 5.82 Å². The summed E-state index contributed by atoms with van der Waals surface area (Å²) in [6.07, 6.45) is 4.67. The van der Waals surface area contributed by atoms with E-state index in [1.54, 1.807) is 41.4 Å². The van der Waals surface area contributed by atoms with Crippen LogP contribution in [0.3, 0.4) is 0 Å². The van der Waals surface area contributed by atoms with E-state index < -0.39 is 0 Å². The number of amides is 2. The number of nitrogens with one attached hydrogen (secondary N) is 1. The third-order valence-corrected chi connectivity index (χ3v) is 5.38. The molecule has 0 radical (unpaired) electrons. The Morgan fingerprint density at radius 1 is 1.13 bits per heavy atom. The number of piperidine rings is 1. The average molecular weight is 421 g/mol. The van der Waals surface area contributed by atoms with Gasteiger partial charge in [0.25, 0.3) is 5.91 Å². The number of carbonyl (C=O) groups is 2. The van der Waals surface area contributed by atoms with Crippen LogP contribution in [0.1, 0.15) is 52.9 Å². The van der Waals surface area contributed by atoms with Crippen molar-refractivity contribution in [1.82, 2.24) is 15.2 Å². The SMILES string of the molecule is O=C(NCC(=O)N1CCCC[C@H]1c1ncc(Cc2cccc(F)c2)o1)c1ccccc1. The van der Waals surface area contributed by atoms with Crippen molar-refractivity contribution in [2.24, 2.45) is 0 Å². The van der Waals surface area contributed by atoms with Gasteiger partial charge < -0.3 is 14.6 Å². The fourth-order valence-electron chi connectivity index (χ4n) is 3.84. The minimum atomic E-state index is -0.293. The van der Waals surface area contributed by atoms with E-state index in [0.29, 0.717) is 30.2 Å². The van der Waals surface area contributed by atoms with Crippen molar-refractivity contribution in [1.29, 1.82) is 0 Å². The number of benzene rings is 2. The highest BCUT2D eigenvalue weighted by Gasteiger charge is 2.31. The number of hydrogen-bond acceptors (Lipinski definition) is 4. The molecule has 1 aromatic heterocycles. The fourth-order valence-corrected chi connectivity index (χ4v) is 3.84. The van der Waals surface area contributed by atoms with Crippen LogP contribution in [-0.4, -0.2) is 34.8 Å². The van der Waals surface area contributed by atoms with Gasteiger partial charge in [-0.25, -0.2) is 9.37 Å².